The SMILES string of the molecule is COc1ccc2cc(C=CCBr)ccc2n1. The van der Waals surface area contributed by atoms with Crippen LogP contribution in [0.15, 0.2) is 36.4 Å². The van der Waals surface area contributed by atoms with Crippen LogP contribution in [0.1, 0.15) is 5.56 Å². The van der Waals surface area contributed by atoms with Crippen LogP contribution in [0.25, 0.3) is 17.0 Å². The van der Waals surface area contributed by atoms with Gasteiger partial charge >= 0.3 is 0 Å². The Bertz CT molecular complexity index is 522. The molecular formula is C13H12BrNO. The molecule has 1 aromatic carbocycles. The minimum Gasteiger partial charge on any atom is -0.481 e. The van der Waals surface area contributed by atoms with Crippen molar-refractivity contribution in [1.29, 1.82) is 0 Å². The van der Waals surface area contributed by atoms with E-state index in [0.717, 1.165) is 16.2 Å². The Hall–Kier alpha value is -1.35. The van der Waals surface area contributed by atoms with Gasteiger partial charge in [-0.3, -0.25) is 0 Å². The van der Waals surface area contributed by atoms with Crippen molar-refractivity contribution < 1.29 is 4.74 Å². The summed E-state index contributed by atoms with van der Waals surface area (Å²) in [5.41, 5.74) is 2.13. The van der Waals surface area contributed by atoms with Crippen LogP contribution in [0.2, 0.25) is 0 Å². The average Bonchev–Trinajstić information content (AvgIpc) is 2.35. The summed E-state index contributed by atoms with van der Waals surface area (Å²) in [6, 6.07) is 10.1. The zero-order chi connectivity index (χ0) is 11.4. The molecule has 0 aliphatic heterocycles. The molecule has 2 rings (SSSR count). The molecule has 0 amide bonds. The van der Waals surface area contributed by atoms with Crippen LogP contribution in [-0.4, -0.2) is 17.4 Å². The Labute approximate surface area is 103 Å². The van der Waals surface area contributed by atoms with Crippen molar-refractivity contribution in [3.05, 3.63) is 42.0 Å². The highest BCUT2D eigenvalue weighted by molar-refractivity contribution is 9.09. The summed E-state index contributed by atoms with van der Waals surface area (Å²) in [5.74, 6) is 0.649. The molecule has 0 atom stereocenters. The van der Waals surface area contributed by atoms with Crippen LogP contribution >= 0.6 is 15.9 Å². The Morgan fingerprint density at radius 1 is 1.31 bits per heavy atom. The second-order valence-corrected chi connectivity index (χ2v) is 4.01. The lowest BCUT2D eigenvalue weighted by Gasteiger charge is -2.02. The van der Waals surface area contributed by atoms with E-state index in [2.05, 4.69) is 39.1 Å². The number of aromatic nitrogens is 1. The first kappa shape index (κ1) is 11.1. The number of halogens is 1. The van der Waals surface area contributed by atoms with Gasteiger partial charge in [-0.05, 0) is 23.8 Å². The van der Waals surface area contributed by atoms with Gasteiger partial charge in [0.1, 0.15) is 0 Å². The fourth-order valence-electron chi connectivity index (χ4n) is 1.52. The Kier molecular flexibility index (Phi) is 3.57. The molecule has 1 aromatic heterocycles. The molecule has 0 saturated heterocycles. The third-order valence-corrected chi connectivity index (χ3v) is 2.67. The molecule has 0 saturated carbocycles. The zero-order valence-corrected chi connectivity index (χ0v) is 10.6. The Morgan fingerprint density at radius 3 is 2.94 bits per heavy atom. The van der Waals surface area contributed by atoms with E-state index >= 15 is 0 Å². The number of ether oxygens (including phenoxy) is 1. The third kappa shape index (κ3) is 2.42. The number of hydrogen-bond donors (Lipinski definition) is 0. The van der Waals surface area contributed by atoms with E-state index in [1.165, 1.54) is 5.56 Å². The molecular weight excluding hydrogens is 266 g/mol. The average molecular weight is 278 g/mol. The lowest BCUT2D eigenvalue weighted by atomic mass is 10.1. The van der Waals surface area contributed by atoms with Crippen LogP contribution in [0.4, 0.5) is 0 Å². The maximum atomic E-state index is 5.09. The van der Waals surface area contributed by atoms with Crippen molar-refractivity contribution in [2.45, 2.75) is 0 Å². The molecule has 1 heterocycles. The number of fused-ring (bicyclic) bond motifs is 1. The largest absolute Gasteiger partial charge is 0.481 e. The number of benzene rings is 1. The van der Waals surface area contributed by atoms with Crippen molar-refractivity contribution in [1.82, 2.24) is 4.98 Å². The van der Waals surface area contributed by atoms with E-state index in [0.29, 0.717) is 5.88 Å². The maximum absolute atomic E-state index is 5.09. The Balaban J connectivity index is 2.43. The predicted molar refractivity (Wildman–Crippen MR) is 71.1 cm³/mol. The second kappa shape index (κ2) is 5.12. The minimum atomic E-state index is 0.649. The first-order chi connectivity index (χ1) is 7.83. The molecule has 2 nitrogen and oxygen atoms in total. The highest BCUT2D eigenvalue weighted by atomic mass is 79.9. The van der Waals surface area contributed by atoms with Crippen LogP contribution in [0, 0.1) is 0 Å². The van der Waals surface area contributed by atoms with Crippen molar-refractivity contribution in [3.8, 4) is 5.88 Å². The lowest BCUT2D eigenvalue weighted by Crippen LogP contribution is -1.87. The molecule has 0 spiro atoms. The fourth-order valence-corrected chi connectivity index (χ4v) is 1.71. The smallest absolute Gasteiger partial charge is 0.213 e. The zero-order valence-electron chi connectivity index (χ0n) is 8.98. The van der Waals surface area contributed by atoms with E-state index in [4.69, 9.17) is 4.74 Å². The van der Waals surface area contributed by atoms with Crippen molar-refractivity contribution in [3.63, 3.8) is 0 Å². The predicted octanol–water partition coefficient (Wildman–Crippen LogP) is 3.65. The normalized spacial score (nSPS) is 11.1. The molecule has 0 aliphatic rings. The molecule has 0 unspecified atom stereocenters. The lowest BCUT2D eigenvalue weighted by molar-refractivity contribution is 0.399. The van der Waals surface area contributed by atoms with E-state index < -0.39 is 0 Å². The summed E-state index contributed by atoms with van der Waals surface area (Å²) in [5, 5.41) is 1.99. The monoisotopic (exact) mass is 277 g/mol. The van der Waals surface area contributed by atoms with Crippen LogP contribution in [0.5, 0.6) is 5.88 Å². The van der Waals surface area contributed by atoms with Gasteiger partial charge in [0.15, 0.2) is 0 Å². The summed E-state index contributed by atoms with van der Waals surface area (Å²) in [7, 11) is 1.63. The van der Waals surface area contributed by atoms with Crippen LogP contribution in [0.3, 0.4) is 0 Å². The molecule has 16 heavy (non-hydrogen) atoms. The van der Waals surface area contributed by atoms with Gasteiger partial charge in [-0.15, -0.1) is 0 Å². The van der Waals surface area contributed by atoms with E-state index in [1.807, 2.05) is 24.3 Å². The van der Waals surface area contributed by atoms with Gasteiger partial charge in [0, 0.05) is 16.8 Å². The molecule has 0 N–H and O–H groups in total. The Morgan fingerprint density at radius 2 is 2.19 bits per heavy atom. The third-order valence-electron chi connectivity index (χ3n) is 2.30. The van der Waals surface area contributed by atoms with Gasteiger partial charge in [0.25, 0.3) is 0 Å². The first-order valence-corrected chi connectivity index (χ1v) is 6.13. The van der Waals surface area contributed by atoms with Crippen molar-refractivity contribution in [2.24, 2.45) is 0 Å². The van der Waals surface area contributed by atoms with Crippen molar-refractivity contribution in [2.75, 3.05) is 12.4 Å². The van der Waals surface area contributed by atoms with Gasteiger partial charge < -0.3 is 4.74 Å². The molecule has 0 aliphatic carbocycles. The summed E-state index contributed by atoms with van der Waals surface area (Å²) in [6.07, 6.45) is 4.15. The van der Waals surface area contributed by atoms with Gasteiger partial charge in [0.05, 0.1) is 12.6 Å². The number of pyridine rings is 1. The number of nitrogens with zero attached hydrogens (tertiary/aromatic N) is 1. The van der Waals surface area contributed by atoms with Gasteiger partial charge in [0.2, 0.25) is 5.88 Å². The number of hydrogen-bond acceptors (Lipinski definition) is 2. The molecule has 0 radical (unpaired) electrons. The highest BCUT2D eigenvalue weighted by Crippen LogP contribution is 2.18. The molecule has 3 heteroatoms. The number of allylic oxidation sites excluding steroid dienone is 1. The van der Waals surface area contributed by atoms with E-state index in [1.54, 1.807) is 7.11 Å². The van der Waals surface area contributed by atoms with E-state index in [9.17, 15) is 0 Å². The maximum Gasteiger partial charge on any atom is 0.213 e. The van der Waals surface area contributed by atoms with Gasteiger partial charge in [-0.2, -0.15) is 0 Å². The van der Waals surface area contributed by atoms with Crippen LogP contribution < -0.4 is 4.74 Å². The first-order valence-electron chi connectivity index (χ1n) is 5.01. The fraction of sp³-hybridized carbons (Fsp3) is 0.154. The number of methoxy groups -OCH3 is 1. The summed E-state index contributed by atoms with van der Waals surface area (Å²) >= 11 is 3.36. The standard InChI is InChI=1S/C13H12BrNO/c1-16-13-7-5-11-9-10(3-2-8-14)4-6-12(11)15-13/h2-7,9H,8H2,1H3. The number of alkyl halides is 1. The van der Waals surface area contributed by atoms with Gasteiger partial charge in [-0.1, -0.05) is 34.1 Å². The van der Waals surface area contributed by atoms with Crippen LogP contribution in [-0.2, 0) is 0 Å². The topological polar surface area (TPSA) is 22.1 Å². The molecule has 0 bridgehead atoms. The summed E-state index contributed by atoms with van der Waals surface area (Å²) in [4.78, 5) is 4.36. The minimum absolute atomic E-state index is 0.649. The molecule has 2 aromatic rings. The quantitative estimate of drug-likeness (QED) is 0.799. The molecule has 0 fully saturated rings. The highest BCUT2D eigenvalue weighted by Gasteiger charge is 1.98. The van der Waals surface area contributed by atoms with E-state index in [-0.39, 0.29) is 0 Å². The van der Waals surface area contributed by atoms with Gasteiger partial charge in [-0.25, -0.2) is 4.98 Å². The second-order valence-electron chi connectivity index (χ2n) is 3.36. The van der Waals surface area contributed by atoms with Crippen molar-refractivity contribution >= 4 is 32.9 Å². The molecule has 82 valence electrons. The number of rotatable bonds is 3. The summed E-state index contributed by atoms with van der Waals surface area (Å²) in [6.45, 7) is 0. The summed E-state index contributed by atoms with van der Waals surface area (Å²) < 4.78 is 5.09.